The van der Waals surface area contributed by atoms with E-state index in [1.165, 1.54) is 31.5 Å². The molecule has 4 aliphatic carbocycles. The van der Waals surface area contributed by atoms with Crippen LogP contribution in [0.5, 0.6) is 0 Å². The molecule has 1 saturated heterocycles. The van der Waals surface area contributed by atoms with Gasteiger partial charge in [-0.1, -0.05) is 13.8 Å². The van der Waals surface area contributed by atoms with E-state index in [9.17, 15) is 10.2 Å². The summed E-state index contributed by atoms with van der Waals surface area (Å²) in [6, 6.07) is 0. The second kappa shape index (κ2) is 11.3. The third-order valence-electron chi connectivity index (χ3n) is 11.9. The Labute approximate surface area is 231 Å². The summed E-state index contributed by atoms with van der Waals surface area (Å²) in [4.78, 5) is 10.3. The monoisotopic (exact) mass is 533 g/mol. The van der Waals surface area contributed by atoms with Gasteiger partial charge in [0.2, 0.25) is 0 Å². The van der Waals surface area contributed by atoms with E-state index in [0.717, 1.165) is 77.3 Å². The van der Waals surface area contributed by atoms with E-state index in [-0.39, 0.29) is 10.8 Å². The average Bonchev–Trinajstić information content (AvgIpc) is 3.48. The molecule has 5 rings (SSSR count). The highest BCUT2D eigenvalue weighted by atomic mass is 16.6. The van der Waals surface area contributed by atoms with Crippen LogP contribution in [0.2, 0.25) is 0 Å². The summed E-state index contributed by atoms with van der Waals surface area (Å²) in [6.45, 7) is 10.5. The van der Waals surface area contributed by atoms with Crippen molar-refractivity contribution in [3.8, 4) is 0 Å². The van der Waals surface area contributed by atoms with Crippen LogP contribution < -0.4 is 5.48 Å². The fourth-order valence-electron chi connectivity index (χ4n) is 9.34. The second-order valence-electron chi connectivity index (χ2n) is 14.1. The fourth-order valence-corrected chi connectivity index (χ4v) is 9.34. The molecule has 1 heterocycles. The van der Waals surface area contributed by atoms with Gasteiger partial charge < -0.3 is 24.7 Å². The molecule has 0 aromatic carbocycles. The minimum Gasteiger partial charge on any atom is -0.389 e. The van der Waals surface area contributed by atoms with Gasteiger partial charge in [-0.2, -0.15) is 0 Å². The molecule has 2 unspecified atom stereocenters. The summed E-state index contributed by atoms with van der Waals surface area (Å²) in [6.07, 6.45) is 14.3. The number of hydroxylamine groups is 1. The first-order valence-corrected chi connectivity index (χ1v) is 15.6. The van der Waals surface area contributed by atoms with Gasteiger partial charge >= 0.3 is 0 Å². The number of nitrogens with one attached hydrogen (secondary N) is 1. The van der Waals surface area contributed by atoms with Crippen LogP contribution >= 0.6 is 0 Å². The smallest absolute Gasteiger partial charge is 0.165 e. The molecular weight excluding hydrogens is 478 g/mol. The van der Waals surface area contributed by atoms with E-state index >= 15 is 0 Å². The quantitative estimate of drug-likeness (QED) is 0.220. The summed E-state index contributed by atoms with van der Waals surface area (Å²) in [5.74, 6) is 0.347. The molecule has 7 heteroatoms. The maximum absolute atomic E-state index is 12.4. The molecule has 3 N–H and O–H groups in total. The standard InChI is InChI=1S/C31H55N3O4/c1-28-14-15-30(35,37-20-7-18-34-16-5-6-17-34)22-24(28)8-9-27-26(28)11-12-29(2)25(10-13-31(27,29)36)23-32-38-21-19-33(3)4/h23-24,26-27,32,35-36H,5-22H2,1-4H3/t24?,26-,27-,28+,29-,30?,31-/m1/s1. The maximum atomic E-state index is 12.4. The first kappa shape index (κ1) is 28.8. The lowest BCUT2D eigenvalue weighted by molar-refractivity contribution is -0.267. The molecular formula is C31H55N3O4. The first-order valence-electron chi connectivity index (χ1n) is 15.6. The van der Waals surface area contributed by atoms with Crippen LogP contribution in [0.3, 0.4) is 0 Å². The van der Waals surface area contributed by atoms with Crippen LogP contribution in [-0.4, -0.2) is 84.9 Å². The molecule has 7 atom stereocenters. The predicted molar refractivity (Wildman–Crippen MR) is 150 cm³/mol. The molecule has 0 spiro atoms. The van der Waals surface area contributed by atoms with Crippen molar-refractivity contribution in [3.05, 3.63) is 11.8 Å². The van der Waals surface area contributed by atoms with Crippen molar-refractivity contribution in [1.82, 2.24) is 15.3 Å². The molecule has 0 radical (unpaired) electrons. The Balaban J connectivity index is 1.19. The SMILES string of the molecule is CN(C)CCONC=C1CC[C@@]2(O)[C@@H]3CCC4CC(O)(OCCCN5CCCC5)CC[C@]4(C)[C@@H]3CC[C@]12C. The zero-order valence-corrected chi connectivity index (χ0v) is 24.6. The number of likely N-dealkylation sites (N-methyl/N-ethyl adjacent to an activating group) is 1. The van der Waals surface area contributed by atoms with Crippen molar-refractivity contribution in [3.63, 3.8) is 0 Å². The summed E-state index contributed by atoms with van der Waals surface area (Å²) < 4.78 is 6.20. The van der Waals surface area contributed by atoms with Crippen molar-refractivity contribution in [2.75, 3.05) is 53.5 Å². The zero-order valence-electron chi connectivity index (χ0n) is 24.6. The van der Waals surface area contributed by atoms with Gasteiger partial charge in [0.1, 0.15) is 0 Å². The van der Waals surface area contributed by atoms with Gasteiger partial charge in [-0.3, -0.25) is 10.3 Å². The summed E-state index contributed by atoms with van der Waals surface area (Å²) in [5, 5.41) is 23.8. The van der Waals surface area contributed by atoms with Gasteiger partial charge in [-0.15, -0.1) is 0 Å². The molecule has 0 aromatic rings. The lowest BCUT2D eigenvalue weighted by atomic mass is 9.43. The molecule has 0 aromatic heterocycles. The Kier molecular flexibility index (Phi) is 8.56. The van der Waals surface area contributed by atoms with Gasteiger partial charge in [0.25, 0.3) is 0 Å². The van der Waals surface area contributed by atoms with Crippen LogP contribution in [-0.2, 0) is 9.57 Å². The number of nitrogens with zero attached hydrogens (tertiary/aromatic N) is 2. The van der Waals surface area contributed by atoms with Crippen LogP contribution in [0.15, 0.2) is 11.8 Å². The van der Waals surface area contributed by atoms with E-state index in [0.29, 0.717) is 31.0 Å². The third kappa shape index (κ3) is 5.33. The molecule has 0 bridgehead atoms. The van der Waals surface area contributed by atoms with Crippen molar-refractivity contribution in [2.45, 2.75) is 102 Å². The summed E-state index contributed by atoms with van der Waals surface area (Å²) in [7, 11) is 4.09. The highest BCUT2D eigenvalue weighted by Crippen LogP contribution is 2.69. The van der Waals surface area contributed by atoms with Crippen molar-refractivity contribution < 1.29 is 19.8 Å². The van der Waals surface area contributed by atoms with Crippen LogP contribution in [0.25, 0.3) is 0 Å². The van der Waals surface area contributed by atoms with E-state index in [1.54, 1.807) is 0 Å². The minimum absolute atomic E-state index is 0.172. The second-order valence-corrected chi connectivity index (χ2v) is 14.1. The minimum atomic E-state index is -0.969. The van der Waals surface area contributed by atoms with Crippen LogP contribution in [0.4, 0.5) is 0 Å². The Morgan fingerprint density at radius 2 is 1.79 bits per heavy atom. The molecule has 1 aliphatic heterocycles. The number of hydrogen-bond acceptors (Lipinski definition) is 7. The lowest BCUT2D eigenvalue weighted by Gasteiger charge is -2.63. The van der Waals surface area contributed by atoms with Crippen LogP contribution in [0, 0.1) is 28.6 Å². The van der Waals surface area contributed by atoms with E-state index in [2.05, 4.69) is 29.1 Å². The average molecular weight is 534 g/mol. The summed E-state index contributed by atoms with van der Waals surface area (Å²) >= 11 is 0. The topological polar surface area (TPSA) is 77.4 Å². The Morgan fingerprint density at radius 3 is 2.55 bits per heavy atom. The van der Waals surface area contributed by atoms with Gasteiger partial charge in [0.05, 0.1) is 18.8 Å². The molecule has 5 fully saturated rings. The van der Waals surface area contributed by atoms with Gasteiger partial charge in [0, 0.05) is 37.5 Å². The number of ether oxygens (including phenoxy) is 1. The Bertz CT molecular complexity index is 847. The highest BCUT2D eigenvalue weighted by molar-refractivity contribution is 5.30. The Hall–Kier alpha value is -0.700. The van der Waals surface area contributed by atoms with E-state index < -0.39 is 11.4 Å². The maximum Gasteiger partial charge on any atom is 0.165 e. The number of rotatable bonds is 10. The normalized spacial score (nSPS) is 44.3. The molecule has 5 aliphatic rings. The van der Waals surface area contributed by atoms with Crippen molar-refractivity contribution >= 4 is 0 Å². The highest BCUT2D eigenvalue weighted by Gasteiger charge is 2.66. The van der Waals surface area contributed by atoms with E-state index in [1.807, 2.05) is 20.3 Å². The first-order chi connectivity index (χ1) is 18.1. The number of hydrogen-bond donors (Lipinski definition) is 3. The molecule has 218 valence electrons. The van der Waals surface area contributed by atoms with Gasteiger partial charge in [0.15, 0.2) is 5.79 Å². The van der Waals surface area contributed by atoms with Crippen LogP contribution in [0.1, 0.15) is 90.9 Å². The number of likely N-dealkylation sites (tertiary alicyclic amines) is 1. The van der Waals surface area contributed by atoms with Gasteiger partial charge in [-0.25, -0.2) is 0 Å². The van der Waals surface area contributed by atoms with E-state index in [4.69, 9.17) is 9.57 Å². The molecule has 7 nitrogen and oxygen atoms in total. The molecule has 38 heavy (non-hydrogen) atoms. The largest absolute Gasteiger partial charge is 0.389 e. The van der Waals surface area contributed by atoms with Crippen molar-refractivity contribution in [2.24, 2.45) is 28.6 Å². The predicted octanol–water partition coefficient (Wildman–Crippen LogP) is 4.30. The lowest BCUT2D eigenvalue weighted by Crippen LogP contribution is -2.62. The number of fused-ring (bicyclic) bond motifs is 5. The number of aliphatic hydroxyl groups is 2. The Morgan fingerprint density at radius 1 is 1.00 bits per heavy atom. The third-order valence-corrected chi connectivity index (χ3v) is 11.9. The van der Waals surface area contributed by atoms with Crippen molar-refractivity contribution in [1.29, 1.82) is 0 Å². The molecule has 0 amide bonds. The molecule has 4 saturated carbocycles. The fraction of sp³-hybridized carbons (Fsp3) is 0.935. The van der Waals surface area contributed by atoms with Gasteiger partial charge in [-0.05, 0) is 120 Å². The summed E-state index contributed by atoms with van der Waals surface area (Å²) in [5.41, 5.74) is 3.73. The zero-order chi connectivity index (χ0) is 27.0.